The number of likely N-dealkylation sites (tertiary alicyclic amines) is 1. The van der Waals surface area contributed by atoms with Crippen LogP contribution in [0.4, 0.5) is 0 Å². The molecule has 1 saturated heterocycles. The highest BCUT2D eigenvalue weighted by molar-refractivity contribution is 7.09. The summed E-state index contributed by atoms with van der Waals surface area (Å²) in [4.78, 5) is 47.6. The van der Waals surface area contributed by atoms with Crippen molar-refractivity contribution in [3.8, 4) is 0 Å². The first kappa shape index (κ1) is 22.9. The molecule has 170 valence electrons. The van der Waals surface area contributed by atoms with Crippen LogP contribution in [-0.4, -0.2) is 39.6 Å². The van der Waals surface area contributed by atoms with Crippen molar-refractivity contribution >= 4 is 29.1 Å². The summed E-state index contributed by atoms with van der Waals surface area (Å²) >= 11 is 1.54. The van der Waals surface area contributed by atoms with Gasteiger partial charge < -0.3 is 4.90 Å². The van der Waals surface area contributed by atoms with Crippen LogP contribution in [0.2, 0.25) is 0 Å². The highest BCUT2D eigenvalue weighted by atomic mass is 32.1. The number of rotatable bonds is 7. The number of nitrogens with zero attached hydrogens (tertiary/aromatic N) is 3. The third-order valence-corrected chi connectivity index (χ3v) is 7.02. The fourth-order valence-electron chi connectivity index (χ4n) is 4.49. The van der Waals surface area contributed by atoms with Gasteiger partial charge in [-0.05, 0) is 30.5 Å². The second kappa shape index (κ2) is 9.27. The van der Waals surface area contributed by atoms with Crippen molar-refractivity contribution in [2.45, 2.75) is 45.2 Å². The van der Waals surface area contributed by atoms with Gasteiger partial charge in [0.25, 0.3) is 0 Å². The van der Waals surface area contributed by atoms with Crippen LogP contribution in [-0.2, 0) is 32.9 Å². The molecule has 33 heavy (non-hydrogen) atoms. The number of thiazole rings is 1. The van der Waals surface area contributed by atoms with Gasteiger partial charge in [-0.25, -0.2) is 4.98 Å². The molecule has 1 atom stereocenters. The number of amides is 3. The van der Waals surface area contributed by atoms with Crippen LogP contribution < -0.4 is 0 Å². The zero-order valence-corrected chi connectivity index (χ0v) is 19.9. The zero-order valence-electron chi connectivity index (χ0n) is 19.1. The van der Waals surface area contributed by atoms with Crippen LogP contribution in [0.15, 0.2) is 60.0 Å². The van der Waals surface area contributed by atoms with E-state index < -0.39 is 5.41 Å². The van der Waals surface area contributed by atoms with Gasteiger partial charge in [0.2, 0.25) is 17.7 Å². The molecule has 0 bridgehead atoms. The number of hydrogen-bond acceptors (Lipinski definition) is 5. The molecule has 2 aromatic carbocycles. The standard InChI is InChI=1S/C26H27N3O3S/c1-18-9-7-8-12-22(18)26(13-23(30)28(3)16-21-17-33-19(2)27-21)14-24(31)29(25(26)32)15-20-10-5-4-6-11-20/h4-12,17H,13-16H2,1-3H3. The molecule has 7 heteroatoms. The summed E-state index contributed by atoms with van der Waals surface area (Å²) in [6, 6.07) is 17.0. The molecule has 0 radical (unpaired) electrons. The number of imide groups is 1. The Balaban J connectivity index is 1.65. The molecule has 0 spiro atoms. The normalized spacial score (nSPS) is 18.1. The van der Waals surface area contributed by atoms with Crippen molar-refractivity contribution in [2.75, 3.05) is 7.05 Å². The van der Waals surface area contributed by atoms with Gasteiger partial charge in [-0.2, -0.15) is 0 Å². The molecular formula is C26H27N3O3S. The van der Waals surface area contributed by atoms with Gasteiger partial charge in [-0.1, -0.05) is 54.6 Å². The van der Waals surface area contributed by atoms with Crippen molar-refractivity contribution < 1.29 is 14.4 Å². The Kier molecular flexibility index (Phi) is 6.42. The maximum absolute atomic E-state index is 13.8. The molecule has 1 unspecified atom stereocenters. The Morgan fingerprint density at radius 3 is 2.45 bits per heavy atom. The van der Waals surface area contributed by atoms with E-state index in [-0.39, 0.29) is 37.1 Å². The quantitative estimate of drug-likeness (QED) is 0.499. The van der Waals surface area contributed by atoms with Crippen LogP contribution in [0.25, 0.3) is 0 Å². The van der Waals surface area contributed by atoms with Crippen LogP contribution in [0.1, 0.15) is 40.2 Å². The number of aromatic nitrogens is 1. The largest absolute Gasteiger partial charge is 0.340 e. The topological polar surface area (TPSA) is 70.6 Å². The first-order valence-corrected chi connectivity index (χ1v) is 11.8. The second-order valence-electron chi connectivity index (χ2n) is 8.63. The maximum atomic E-state index is 13.8. The zero-order chi connectivity index (χ0) is 23.6. The Labute approximate surface area is 197 Å². The highest BCUT2D eigenvalue weighted by Gasteiger charge is 2.54. The molecule has 0 aliphatic carbocycles. The van der Waals surface area contributed by atoms with Gasteiger partial charge in [-0.3, -0.25) is 19.3 Å². The minimum Gasteiger partial charge on any atom is -0.340 e. The average Bonchev–Trinajstić information content (AvgIpc) is 3.30. The lowest BCUT2D eigenvalue weighted by Crippen LogP contribution is -2.42. The number of carbonyl (C=O) groups is 3. The van der Waals surface area contributed by atoms with E-state index >= 15 is 0 Å². The van der Waals surface area contributed by atoms with Gasteiger partial charge in [0.15, 0.2) is 0 Å². The van der Waals surface area contributed by atoms with E-state index in [1.165, 1.54) is 16.2 Å². The van der Waals surface area contributed by atoms with Crippen molar-refractivity contribution in [1.29, 1.82) is 0 Å². The Hall–Kier alpha value is -3.32. The molecule has 2 heterocycles. The molecule has 0 N–H and O–H groups in total. The Morgan fingerprint density at radius 1 is 1.09 bits per heavy atom. The SMILES string of the molecule is Cc1nc(CN(C)C(=O)CC2(c3ccccc3C)CC(=O)N(Cc3ccccc3)C2=O)cs1. The Bertz CT molecular complexity index is 1190. The van der Waals surface area contributed by atoms with E-state index in [4.69, 9.17) is 0 Å². The first-order chi connectivity index (χ1) is 15.8. The van der Waals surface area contributed by atoms with Crippen molar-refractivity contribution in [2.24, 2.45) is 0 Å². The summed E-state index contributed by atoms with van der Waals surface area (Å²) in [5.41, 5.74) is 2.12. The lowest BCUT2D eigenvalue weighted by molar-refractivity contribution is -0.143. The molecule has 1 aromatic heterocycles. The fourth-order valence-corrected chi connectivity index (χ4v) is 5.09. The molecule has 1 aliphatic heterocycles. The molecule has 1 aliphatic rings. The second-order valence-corrected chi connectivity index (χ2v) is 9.69. The van der Waals surface area contributed by atoms with Crippen LogP contribution >= 0.6 is 11.3 Å². The predicted molar refractivity (Wildman–Crippen MR) is 127 cm³/mol. The number of benzene rings is 2. The summed E-state index contributed by atoms with van der Waals surface area (Å²) in [6.45, 7) is 4.41. The summed E-state index contributed by atoms with van der Waals surface area (Å²) in [5, 5.41) is 2.87. The summed E-state index contributed by atoms with van der Waals surface area (Å²) in [7, 11) is 1.71. The van der Waals surface area contributed by atoms with E-state index in [2.05, 4.69) is 4.98 Å². The average molecular weight is 462 g/mol. The van der Waals surface area contributed by atoms with Crippen molar-refractivity contribution in [1.82, 2.24) is 14.8 Å². The first-order valence-electron chi connectivity index (χ1n) is 10.9. The monoisotopic (exact) mass is 461 g/mol. The van der Waals surface area contributed by atoms with Gasteiger partial charge in [0.05, 0.1) is 29.2 Å². The molecule has 0 saturated carbocycles. The summed E-state index contributed by atoms with van der Waals surface area (Å²) < 4.78 is 0. The lowest BCUT2D eigenvalue weighted by Gasteiger charge is -2.30. The third kappa shape index (κ3) is 4.59. The third-order valence-electron chi connectivity index (χ3n) is 6.20. The van der Waals surface area contributed by atoms with Crippen molar-refractivity contribution in [3.05, 3.63) is 87.4 Å². The molecule has 3 aromatic rings. The minimum atomic E-state index is -1.21. The predicted octanol–water partition coefficient (Wildman–Crippen LogP) is 4.01. The van der Waals surface area contributed by atoms with Crippen LogP contribution in [0.5, 0.6) is 0 Å². The van der Waals surface area contributed by atoms with E-state index in [1.54, 1.807) is 11.9 Å². The fraction of sp³-hybridized carbons (Fsp3) is 0.308. The minimum absolute atomic E-state index is 0.0150. The van der Waals surface area contributed by atoms with Crippen LogP contribution in [0, 0.1) is 13.8 Å². The van der Waals surface area contributed by atoms with Gasteiger partial charge in [0, 0.05) is 25.3 Å². The smallest absolute Gasteiger partial charge is 0.241 e. The summed E-state index contributed by atoms with van der Waals surface area (Å²) in [6.07, 6.45) is -0.0771. The van der Waals surface area contributed by atoms with Gasteiger partial charge in [-0.15, -0.1) is 11.3 Å². The van der Waals surface area contributed by atoms with Crippen LogP contribution in [0.3, 0.4) is 0 Å². The molecule has 3 amide bonds. The van der Waals surface area contributed by atoms with E-state index in [9.17, 15) is 14.4 Å². The highest BCUT2D eigenvalue weighted by Crippen LogP contribution is 2.42. The molecule has 4 rings (SSSR count). The number of hydrogen-bond donors (Lipinski definition) is 0. The van der Waals surface area contributed by atoms with E-state index in [0.29, 0.717) is 6.54 Å². The molecule has 1 fully saturated rings. The Morgan fingerprint density at radius 2 is 1.79 bits per heavy atom. The van der Waals surface area contributed by atoms with Gasteiger partial charge >= 0.3 is 0 Å². The lowest BCUT2D eigenvalue weighted by atomic mass is 9.74. The maximum Gasteiger partial charge on any atom is 0.241 e. The van der Waals surface area contributed by atoms with Gasteiger partial charge in [0.1, 0.15) is 0 Å². The summed E-state index contributed by atoms with van der Waals surface area (Å²) in [5.74, 6) is -0.749. The molecule has 6 nitrogen and oxygen atoms in total. The van der Waals surface area contributed by atoms with E-state index in [0.717, 1.165) is 27.4 Å². The van der Waals surface area contributed by atoms with Crippen molar-refractivity contribution in [3.63, 3.8) is 0 Å². The van der Waals surface area contributed by atoms with E-state index in [1.807, 2.05) is 73.8 Å². The molecular weight excluding hydrogens is 434 g/mol. The number of aryl methyl sites for hydroxylation is 2. The number of carbonyl (C=O) groups excluding carboxylic acids is 3.